The standard InChI is InChI=1S/C11H15BrClNO3S/c1-3-17-4-5-18(15,16)14-11-7-10(13)8(2)6-9(11)12/h6-7,14H,3-5H2,1-2H3. The molecule has 0 spiro atoms. The molecule has 0 aliphatic carbocycles. The quantitative estimate of drug-likeness (QED) is 0.796. The number of benzene rings is 1. The van der Waals surface area contributed by atoms with E-state index in [2.05, 4.69) is 20.7 Å². The van der Waals surface area contributed by atoms with Crippen LogP contribution in [-0.4, -0.2) is 27.4 Å². The highest BCUT2D eigenvalue weighted by Crippen LogP contribution is 2.29. The second-order valence-electron chi connectivity index (χ2n) is 3.70. The minimum atomic E-state index is -3.42. The maximum atomic E-state index is 11.8. The highest BCUT2D eigenvalue weighted by Gasteiger charge is 2.13. The molecule has 1 aromatic rings. The molecule has 18 heavy (non-hydrogen) atoms. The summed E-state index contributed by atoms with van der Waals surface area (Å²) in [6, 6.07) is 3.35. The van der Waals surface area contributed by atoms with Crippen molar-refractivity contribution in [2.24, 2.45) is 0 Å². The predicted octanol–water partition coefficient (Wildman–Crippen LogP) is 3.19. The van der Waals surface area contributed by atoms with Crippen LogP contribution in [0, 0.1) is 6.92 Å². The first-order valence-corrected chi connectivity index (χ1v) is 8.22. The lowest BCUT2D eigenvalue weighted by Gasteiger charge is -2.11. The van der Waals surface area contributed by atoms with Gasteiger partial charge in [-0.3, -0.25) is 4.72 Å². The average molecular weight is 357 g/mol. The third kappa shape index (κ3) is 4.76. The fourth-order valence-electron chi connectivity index (χ4n) is 1.26. The van der Waals surface area contributed by atoms with Crippen LogP contribution in [0.2, 0.25) is 5.02 Å². The molecule has 0 aliphatic rings. The number of aryl methyl sites for hydroxylation is 1. The highest BCUT2D eigenvalue weighted by molar-refractivity contribution is 9.10. The van der Waals surface area contributed by atoms with E-state index >= 15 is 0 Å². The van der Waals surface area contributed by atoms with Gasteiger partial charge in [-0.1, -0.05) is 11.6 Å². The lowest BCUT2D eigenvalue weighted by molar-refractivity contribution is 0.163. The molecular weight excluding hydrogens is 342 g/mol. The van der Waals surface area contributed by atoms with E-state index in [1.165, 1.54) is 0 Å². The number of hydrogen-bond donors (Lipinski definition) is 1. The van der Waals surface area contributed by atoms with E-state index in [1.54, 1.807) is 12.1 Å². The Morgan fingerprint density at radius 1 is 1.44 bits per heavy atom. The summed E-state index contributed by atoms with van der Waals surface area (Å²) in [6.07, 6.45) is 0. The van der Waals surface area contributed by atoms with Gasteiger partial charge in [-0.25, -0.2) is 8.42 Å². The molecule has 0 saturated carbocycles. The molecule has 0 aromatic heterocycles. The number of halogens is 2. The molecule has 0 aliphatic heterocycles. The van der Waals surface area contributed by atoms with Crippen molar-refractivity contribution in [1.29, 1.82) is 0 Å². The maximum absolute atomic E-state index is 11.8. The summed E-state index contributed by atoms with van der Waals surface area (Å²) in [5.74, 6) is -0.0845. The number of sulfonamides is 1. The van der Waals surface area contributed by atoms with Gasteiger partial charge < -0.3 is 4.74 Å². The molecule has 102 valence electrons. The Balaban J connectivity index is 2.81. The molecule has 0 heterocycles. The van der Waals surface area contributed by atoms with E-state index in [0.29, 0.717) is 21.8 Å². The zero-order valence-corrected chi connectivity index (χ0v) is 13.3. The second-order valence-corrected chi connectivity index (χ2v) is 6.80. The monoisotopic (exact) mass is 355 g/mol. The predicted molar refractivity (Wildman–Crippen MR) is 77.8 cm³/mol. The van der Waals surface area contributed by atoms with E-state index in [-0.39, 0.29) is 12.4 Å². The van der Waals surface area contributed by atoms with Crippen LogP contribution in [0.4, 0.5) is 5.69 Å². The lowest BCUT2D eigenvalue weighted by Crippen LogP contribution is -2.20. The Morgan fingerprint density at radius 3 is 2.72 bits per heavy atom. The summed E-state index contributed by atoms with van der Waals surface area (Å²) in [5.41, 5.74) is 1.31. The van der Waals surface area contributed by atoms with Crippen LogP contribution in [0.3, 0.4) is 0 Å². The molecule has 7 heteroatoms. The highest BCUT2D eigenvalue weighted by atomic mass is 79.9. The molecule has 4 nitrogen and oxygen atoms in total. The fraction of sp³-hybridized carbons (Fsp3) is 0.455. The largest absolute Gasteiger partial charge is 0.381 e. The smallest absolute Gasteiger partial charge is 0.235 e. The van der Waals surface area contributed by atoms with E-state index in [1.807, 2.05) is 13.8 Å². The van der Waals surface area contributed by atoms with Crippen molar-refractivity contribution in [2.75, 3.05) is 23.7 Å². The van der Waals surface area contributed by atoms with Gasteiger partial charge in [-0.2, -0.15) is 0 Å². The molecule has 0 atom stereocenters. The minimum absolute atomic E-state index is 0.0845. The van der Waals surface area contributed by atoms with Crippen LogP contribution >= 0.6 is 27.5 Å². The summed E-state index contributed by atoms with van der Waals surface area (Å²) in [6.45, 7) is 4.33. The number of nitrogens with one attached hydrogen (secondary N) is 1. The Hall–Kier alpha value is -0.300. The zero-order valence-electron chi connectivity index (χ0n) is 10.2. The topological polar surface area (TPSA) is 55.4 Å². The van der Waals surface area contributed by atoms with Crippen LogP contribution in [-0.2, 0) is 14.8 Å². The third-order valence-corrected chi connectivity index (χ3v) is 4.51. The molecule has 1 aromatic carbocycles. The Labute approximate surface area is 121 Å². The van der Waals surface area contributed by atoms with Crippen molar-refractivity contribution < 1.29 is 13.2 Å². The van der Waals surface area contributed by atoms with Crippen molar-refractivity contribution in [3.05, 3.63) is 27.2 Å². The van der Waals surface area contributed by atoms with Crippen molar-refractivity contribution in [1.82, 2.24) is 0 Å². The van der Waals surface area contributed by atoms with Gasteiger partial charge in [0.15, 0.2) is 0 Å². The third-order valence-electron chi connectivity index (χ3n) is 2.21. The Morgan fingerprint density at radius 2 is 2.11 bits per heavy atom. The first-order chi connectivity index (χ1) is 8.35. The molecule has 0 fully saturated rings. The van der Waals surface area contributed by atoms with E-state index in [4.69, 9.17) is 16.3 Å². The molecule has 0 bridgehead atoms. The van der Waals surface area contributed by atoms with Crippen LogP contribution in [0.15, 0.2) is 16.6 Å². The van der Waals surface area contributed by atoms with Gasteiger partial charge in [0.05, 0.1) is 18.0 Å². The van der Waals surface area contributed by atoms with Gasteiger partial charge in [0.25, 0.3) is 0 Å². The van der Waals surface area contributed by atoms with Crippen molar-refractivity contribution in [3.63, 3.8) is 0 Å². The van der Waals surface area contributed by atoms with Gasteiger partial charge in [0.2, 0.25) is 10.0 Å². The first kappa shape index (κ1) is 15.8. The van der Waals surface area contributed by atoms with Gasteiger partial charge in [-0.05, 0) is 47.5 Å². The number of hydrogen-bond acceptors (Lipinski definition) is 3. The van der Waals surface area contributed by atoms with E-state index in [0.717, 1.165) is 5.56 Å². The number of ether oxygens (including phenoxy) is 1. The van der Waals surface area contributed by atoms with Crippen LogP contribution < -0.4 is 4.72 Å². The fourth-order valence-corrected chi connectivity index (χ4v) is 3.05. The average Bonchev–Trinajstić information content (AvgIpc) is 2.26. The number of rotatable bonds is 6. The SMILES string of the molecule is CCOCCS(=O)(=O)Nc1cc(Cl)c(C)cc1Br. The Bertz CT molecular complexity index is 519. The normalized spacial score (nSPS) is 11.6. The summed E-state index contributed by atoms with van der Waals surface area (Å²) in [4.78, 5) is 0. The van der Waals surface area contributed by atoms with E-state index in [9.17, 15) is 8.42 Å². The zero-order chi connectivity index (χ0) is 13.8. The molecule has 1 rings (SSSR count). The molecule has 0 unspecified atom stereocenters. The molecule has 0 amide bonds. The first-order valence-electron chi connectivity index (χ1n) is 5.39. The van der Waals surface area contributed by atoms with Gasteiger partial charge in [0.1, 0.15) is 0 Å². The molecule has 0 radical (unpaired) electrons. The molecule has 0 saturated heterocycles. The number of anilines is 1. The van der Waals surface area contributed by atoms with Gasteiger partial charge in [0, 0.05) is 16.1 Å². The maximum Gasteiger partial charge on any atom is 0.235 e. The van der Waals surface area contributed by atoms with Crippen molar-refractivity contribution >= 4 is 43.2 Å². The summed E-state index contributed by atoms with van der Waals surface area (Å²) < 4.78 is 31.7. The van der Waals surface area contributed by atoms with Crippen LogP contribution in [0.1, 0.15) is 12.5 Å². The molecular formula is C11H15BrClNO3S. The minimum Gasteiger partial charge on any atom is -0.381 e. The summed E-state index contributed by atoms with van der Waals surface area (Å²) in [7, 11) is -3.42. The van der Waals surface area contributed by atoms with Gasteiger partial charge >= 0.3 is 0 Å². The van der Waals surface area contributed by atoms with E-state index < -0.39 is 10.0 Å². The summed E-state index contributed by atoms with van der Waals surface area (Å²) >= 11 is 9.26. The van der Waals surface area contributed by atoms with Crippen LogP contribution in [0.5, 0.6) is 0 Å². The van der Waals surface area contributed by atoms with Crippen molar-refractivity contribution in [2.45, 2.75) is 13.8 Å². The lowest BCUT2D eigenvalue weighted by atomic mass is 10.2. The molecule has 1 N–H and O–H groups in total. The second kappa shape index (κ2) is 6.75. The summed E-state index contributed by atoms with van der Waals surface area (Å²) in [5, 5.41) is 0.515. The van der Waals surface area contributed by atoms with Crippen molar-refractivity contribution in [3.8, 4) is 0 Å². The Kier molecular flexibility index (Phi) is 5.91. The van der Waals surface area contributed by atoms with Gasteiger partial charge in [-0.15, -0.1) is 0 Å². The van der Waals surface area contributed by atoms with Crippen LogP contribution in [0.25, 0.3) is 0 Å².